The first kappa shape index (κ1) is 25.5. The SMILES string of the molecule is CCN(CC)c1ccc(C(=O)NCCOc2cccc(C(=N)N)c2)c(OC(=O)C(F)(F)F)c1. The van der Waals surface area contributed by atoms with Gasteiger partial charge in [-0.25, -0.2) is 4.79 Å². The third-order valence-electron chi connectivity index (χ3n) is 4.57. The van der Waals surface area contributed by atoms with Crippen LogP contribution in [0.1, 0.15) is 29.8 Å². The van der Waals surface area contributed by atoms with Crippen molar-refractivity contribution >= 4 is 23.4 Å². The fourth-order valence-electron chi connectivity index (χ4n) is 2.91. The highest BCUT2D eigenvalue weighted by Gasteiger charge is 2.42. The smallest absolute Gasteiger partial charge is 0.491 e. The summed E-state index contributed by atoms with van der Waals surface area (Å²) in [4.78, 5) is 25.8. The predicted octanol–water partition coefficient (Wildman–Crippen LogP) is 3.09. The molecule has 0 aliphatic rings. The lowest BCUT2D eigenvalue weighted by atomic mass is 10.1. The Bertz CT molecular complexity index is 1010. The van der Waals surface area contributed by atoms with Gasteiger partial charge in [0.25, 0.3) is 5.91 Å². The lowest BCUT2D eigenvalue weighted by molar-refractivity contribution is -0.189. The number of halogens is 3. The van der Waals surface area contributed by atoms with Gasteiger partial charge in [-0.15, -0.1) is 0 Å². The molecule has 2 rings (SSSR count). The molecule has 2 aromatic rings. The van der Waals surface area contributed by atoms with Gasteiger partial charge in [0, 0.05) is 30.4 Å². The molecule has 0 saturated heterocycles. The first-order valence-corrected chi connectivity index (χ1v) is 10.1. The van der Waals surface area contributed by atoms with E-state index < -0.39 is 23.8 Å². The highest BCUT2D eigenvalue weighted by molar-refractivity contribution is 5.98. The maximum atomic E-state index is 12.7. The standard InChI is InChI=1S/C22H25F3N4O4/c1-3-29(4-2)15-8-9-17(18(13-15)33-21(31)22(23,24)25)20(30)28-10-11-32-16-7-5-6-14(12-16)19(26)27/h5-9,12-13H,3-4,10-11H2,1-2H3,(H3,26,27)(H,28,30). The zero-order chi connectivity index (χ0) is 24.6. The van der Waals surface area contributed by atoms with E-state index in [-0.39, 0.29) is 24.6 Å². The van der Waals surface area contributed by atoms with Crippen molar-refractivity contribution in [2.75, 3.05) is 31.1 Å². The van der Waals surface area contributed by atoms with Crippen LogP contribution in [-0.2, 0) is 4.79 Å². The number of ether oxygens (including phenoxy) is 2. The molecule has 1 amide bonds. The van der Waals surface area contributed by atoms with Crippen molar-refractivity contribution < 1.29 is 32.2 Å². The Morgan fingerprint density at radius 2 is 1.82 bits per heavy atom. The zero-order valence-electron chi connectivity index (χ0n) is 18.2. The molecule has 11 heteroatoms. The number of nitrogen functional groups attached to an aromatic ring is 1. The molecule has 0 radical (unpaired) electrons. The van der Waals surface area contributed by atoms with E-state index in [0.29, 0.717) is 30.1 Å². The summed E-state index contributed by atoms with van der Waals surface area (Å²) in [6, 6.07) is 10.6. The van der Waals surface area contributed by atoms with E-state index in [1.165, 1.54) is 12.1 Å². The number of carbonyl (C=O) groups is 2. The molecule has 0 aromatic heterocycles. The molecule has 0 aliphatic carbocycles. The molecular weight excluding hydrogens is 441 g/mol. The molecule has 178 valence electrons. The van der Waals surface area contributed by atoms with E-state index in [4.69, 9.17) is 15.9 Å². The third kappa shape index (κ3) is 7.13. The van der Waals surface area contributed by atoms with Crippen LogP contribution in [0.3, 0.4) is 0 Å². The number of benzene rings is 2. The number of nitrogens with zero attached hydrogens (tertiary/aromatic N) is 1. The second kappa shape index (κ2) is 11.2. The molecule has 0 saturated carbocycles. The number of anilines is 1. The van der Waals surface area contributed by atoms with Crippen LogP contribution in [0.5, 0.6) is 11.5 Å². The lowest BCUT2D eigenvalue weighted by Gasteiger charge is -2.22. The number of alkyl halides is 3. The summed E-state index contributed by atoms with van der Waals surface area (Å²) in [5.41, 5.74) is 6.19. The minimum absolute atomic E-state index is 0.0214. The van der Waals surface area contributed by atoms with Gasteiger partial charge in [-0.3, -0.25) is 10.2 Å². The Hall–Kier alpha value is -3.76. The van der Waals surface area contributed by atoms with Crippen molar-refractivity contribution in [3.05, 3.63) is 53.6 Å². The van der Waals surface area contributed by atoms with Gasteiger partial charge >= 0.3 is 12.1 Å². The molecule has 0 bridgehead atoms. The van der Waals surface area contributed by atoms with Crippen LogP contribution in [0.2, 0.25) is 0 Å². The van der Waals surface area contributed by atoms with Crippen LogP contribution >= 0.6 is 0 Å². The van der Waals surface area contributed by atoms with Gasteiger partial charge in [0.2, 0.25) is 0 Å². The van der Waals surface area contributed by atoms with E-state index >= 15 is 0 Å². The molecule has 0 atom stereocenters. The monoisotopic (exact) mass is 466 g/mol. The average molecular weight is 466 g/mol. The number of nitrogens with two attached hydrogens (primary N) is 1. The van der Waals surface area contributed by atoms with Crippen molar-refractivity contribution in [3.8, 4) is 11.5 Å². The Morgan fingerprint density at radius 1 is 1.12 bits per heavy atom. The van der Waals surface area contributed by atoms with Crippen LogP contribution in [0.25, 0.3) is 0 Å². The van der Waals surface area contributed by atoms with Crippen LogP contribution < -0.4 is 25.4 Å². The summed E-state index contributed by atoms with van der Waals surface area (Å²) in [6.45, 7) is 4.92. The Balaban J connectivity index is 2.11. The minimum atomic E-state index is -5.21. The van der Waals surface area contributed by atoms with Gasteiger partial charge < -0.3 is 25.4 Å². The summed E-state index contributed by atoms with van der Waals surface area (Å²) in [6.07, 6.45) is -5.21. The van der Waals surface area contributed by atoms with Crippen molar-refractivity contribution in [3.63, 3.8) is 0 Å². The molecule has 33 heavy (non-hydrogen) atoms. The van der Waals surface area contributed by atoms with Crippen molar-refractivity contribution in [2.24, 2.45) is 5.73 Å². The Kier molecular flexibility index (Phi) is 8.66. The summed E-state index contributed by atoms with van der Waals surface area (Å²) < 4.78 is 48.2. The van der Waals surface area contributed by atoms with Crippen LogP contribution in [0, 0.1) is 5.41 Å². The van der Waals surface area contributed by atoms with E-state index in [9.17, 15) is 22.8 Å². The number of amides is 1. The van der Waals surface area contributed by atoms with Gasteiger partial charge in [0.15, 0.2) is 0 Å². The first-order chi connectivity index (χ1) is 15.6. The van der Waals surface area contributed by atoms with Crippen LogP contribution in [-0.4, -0.2) is 50.1 Å². The van der Waals surface area contributed by atoms with Crippen LogP contribution in [0.4, 0.5) is 18.9 Å². The summed E-state index contributed by atoms with van der Waals surface area (Å²) in [5.74, 6) is -3.33. The largest absolute Gasteiger partial charge is 0.492 e. The topological polar surface area (TPSA) is 118 Å². The van der Waals surface area contributed by atoms with Gasteiger partial charge in [0.05, 0.1) is 12.1 Å². The maximum absolute atomic E-state index is 12.7. The predicted molar refractivity (Wildman–Crippen MR) is 117 cm³/mol. The normalized spacial score (nSPS) is 10.9. The molecular formula is C22H25F3N4O4. The molecule has 4 N–H and O–H groups in total. The first-order valence-electron chi connectivity index (χ1n) is 10.1. The van der Waals surface area contributed by atoms with Gasteiger partial charge in [0.1, 0.15) is 23.9 Å². The number of hydrogen-bond donors (Lipinski definition) is 3. The second-order valence-electron chi connectivity index (χ2n) is 6.79. The molecule has 0 spiro atoms. The Morgan fingerprint density at radius 3 is 2.42 bits per heavy atom. The van der Waals surface area contributed by atoms with Crippen molar-refractivity contribution in [2.45, 2.75) is 20.0 Å². The van der Waals surface area contributed by atoms with E-state index in [1.807, 2.05) is 18.7 Å². The fraction of sp³-hybridized carbons (Fsp3) is 0.318. The number of carbonyl (C=O) groups excluding carboxylic acids is 2. The third-order valence-corrected chi connectivity index (χ3v) is 4.57. The summed E-state index contributed by atoms with van der Waals surface area (Å²) >= 11 is 0. The molecule has 0 unspecified atom stereocenters. The number of esters is 1. The maximum Gasteiger partial charge on any atom is 0.491 e. The van der Waals surface area contributed by atoms with E-state index in [2.05, 4.69) is 10.1 Å². The average Bonchev–Trinajstić information content (AvgIpc) is 2.77. The van der Waals surface area contributed by atoms with E-state index in [1.54, 1.807) is 30.3 Å². The zero-order valence-corrected chi connectivity index (χ0v) is 18.2. The number of rotatable bonds is 10. The second-order valence-corrected chi connectivity index (χ2v) is 6.79. The molecule has 0 aliphatic heterocycles. The highest BCUT2D eigenvalue weighted by atomic mass is 19.4. The van der Waals surface area contributed by atoms with Crippen molar-refractivity contribution in [1.82, 2.24) is 5.32 Å². The van der Waals surface area contributed by atoms with Crippen molar-refractivity contribution in [1.29, 1.82) is 5.41 Å². The molecule has 0 fully saturated rings. The summed E-state index contributed by atoms with van der Waals surface area (Å²) in [7, 11) is 0. The summed E-state index contributed by atoms with van der Waals surface area (Å²) in [5, 5.41) is 9.94. The van der Waals surface area contributed by atoms with Gasteiger partial charge in [-0.2, -0.15) is 13.2 Å². The highest BCUT2D eigenvalue weighted by Crippen LogP contribution is 2.28. The molecule has 8 nitrogen and oxygen atoms in total. The Labute approximate surface area is 189 Å². The van der Waals surface area contributed by atoms with E-state index in [0.717, 1.165) is 0 Å². The van der Waals surface area contributed by atoms with Crippen LogP contribution in [0.15, 0.2) is 42.5 Å². The van der Waals surface area contributed by atoms with Gasteiger partial charge in [-0.1, -0.05) is 12.1 Å². The lowest BCUT2D eigenvalue weighted by Crippen LogP contribution is -2.31. The number of nitrogens with one attached hydrogen (secondary N) is 2. The molecule has 0 heterocycles. The number of hydrogen-bond acceptors (Lipinski definition) is 6. The van der Waals surface area contributed by atoms with Gasteiger partial charge in [-0.05, 0) is 38.1 Å². The quantitative estimate of drug-likeness (QED) is 0.163. The number of amidine groups is 1. The fourth-order valence-corrected chi connectivity index (χ4v) is 2.91. The minimum Gasteiger partial charge on any atom is -0.492 e. The molecule has 2 aromatic carbocycles.